The van der Waals surface area contributed by atoms with Gasteiger partial charge in [0.15, 0.2) is 5.96 Å². The van der Waals surface area contributed by atoms with E-state index in [1.54, 1.807) is 0 Å². The van der Waals surface area contributed by atoms with Crippen LogP contribution in [0, 0.1) is 13.8 Å². The van der Waals surface area contributed by atoms with Crippen LogP contribution in [0.15, 0.2) is 4.99 Å². The zero-order valence-corrected chi connectivity index (χ0v) is 16.5. The van der Waals surface area contributed by atoms with Gasteiger partial charge >= 0.3 is 0 Å². The molecule has 1 atom stereocenters. The zero-order valence-electron chi connectivity index (χ0n) is 14.2. The van der Waals surface area contributed by atoms with Crippen molar-refractivity contribution in [2.45, 2.75) is 53.0 Å². The molecule has 0 saturated carbocycles. The molecule has 6 heteroatoms. The molecule has 21 heavy (non-hydrogen) atoms. The lowest BCUT2D eigenvalue weighted by atomic mass is 10.1. The number of nitrogens with zero attached hydrogens (tertiary/aromatic N) is 3. The SMILES string of the molecule is CCCCNC(=NC)NC(C)Cc1c(C)nn(C)c1C.I. The van der Waals surface area contributed by atoms with Gasteiger partial charge < -0.3 is 10.6 Å². The summed E-state index contributed by atoms with van der Waals surface area (Å²) in [7, 11) is 3.81. The highest BCUT2D eigenvalue weighted by atomic mass is 127. The van der Waals surface area contributed by atoms with Gasteiger partial charge in [-0.3, -0.25) is 9.67 Å². The zero-order chi connectivity index (χ0) is 15.1. The van der Waals surface area contributed by atoms with E-state index in [0.717, 1.165) is 31.0 Å². The van der Waals surface area contributed by atoms with Crippen LogP contribution in [0.4, 0.5) is 0 Å². The molecule has 0 saturated heterocycles. The molecular formula is C15H30IN5. The molecule has 0 aliphatic heterocycles. The monoisotopic (exact) mass is 407 g/mol. The van der Waals surface area contributed by atoms with E-state index >= 15 is 0 Å². The minimum absolute atomic E-state index is 0. The van der Waals surface area contributed by atoms with Crippen molar-refractivity contribution in [1.82, 2.24) is 20.4 Å². The van der Waals surface area contributed by atoms with Crippen molar-refractivity contribution < 1.29 is 0 Å². The number of halogens is 1. The fourth-order valence-electron chi connectivity index (χ4n) is 2.28. The maximum absolute atomic E-state index is 4.47. The van der Waals surface area contributed by atoms with Gasteiger partial charge in [0.25, 0.3) is 0 Å². The summed E-state index contributed by atoms with van der Waals surface area (Å²) < 4.78 is 1.95. The molecule has 0 fully saturated rings. The quantitative estimate of drug-likeness (QED) is 0.330. The van der Waals surface area contributed by atoms with Gasteiger partial charge in [0, 0.05) is 32.4 Å². The van der Waals surface area contributed by atoms with Crippen molar-refractivity contribution >= 4 is 29.9 Å². The highest BCUT2D eigenvalue weighted by Crippen LogP contribution is 2.13. The smallest absolute Gasteiger partial charge is 0.191 e. The summed E-state index contributed by atoms with van der Waals surface area (Å²) in [5.74, 6) is 0.880. The van der Waals surface area contributed by atoms with Gasteiger partial charge in [-0.25, -0.2) is 0 Å². The first kappa shape index (κ1) is 20.2. The van der Waals surface area contributed by atoms with Crippen LogP contribution in [-0.2, 0) is 13.5 Å². The van der Waals surface area contributed by atoms with Gasteiger partial charge in [-0.1, -0.05) is 13.3 Å². The largest absolute Gasteiger partial charge is 0.356 e. The lowest BCUT2D eigenvalue weighted by Gasteiger charge is -2.18. The van der Waals surface area contributed by atoms with E-state index in [1.165, 1.54) is 17.7 Å². The molecule has 1 rings (SSSR count). The molecule has 1 unspecified atom stereocenters. The van der Waals surface area contributed by atoms with Crippen molar-refractivity contribution in [3.8, 4) is 0 Å². The van der Waals surface area contributed by atoms with E-state index in [0.29, 0.717) is 6.04 Å². The number of hydrogen-bond acceptors (Lipinski definition) is 2. The van der Waals surface area contributed by atoms with Crippen molar-refractivity contribution in [2.24, 2.45) is 12.0 Å². The average molecular weight is 407 g/mol. The maximum atomic E-state index is 4.47. The van der Waals surface area contributed by atoms with Crippen LogP contribution in [0.2, 0.25) is 0 Å². The van der Waals surface area contributed by atoms with Crippen LogP contribution < -0.4 is 10.6 Å². The highest BCUT2D eigenvalue weighted by molar-refractivity contribution is 14.0. The Morgan fingerprint density at radius 3 is 2.52 bits per heavy atom. The van der Waals surface area contributed by atoms with Crippen LogP contribution in [0.3, 0.4) is 0 Å². The molecule has 1 heterocycles. The minimum Gasteiger partial charge on any atom is -0.356 e. The molecule has 0 radical (unpaired) electrons. The van der Waals surface area contributed by atoms with Gasteiger partial charge in [-0.05, 0) is 39.2 Å². The lowest BCUT2D eigenvalue weighted by molar-refractivity contribution is 0.630. The third kappa shape index (κ3) is 6.23. The van der Waals surface area contributed by atoms with E-state index in [-0.39, 0.29) is 24.0 Å². The Morgan fingerprint density at radius 1 is 1.38 bits per heavy atom. The van der Waals surface area contributed by atoms with E-state index in [9.17, 15) is 0 Å². The molecule has 2 N–H and O–H groups in total. The topological polar surface area (TPSA) is 54.2 Å². The van der Waals surface area contributed by atoms with Crippen LogP contribution in [0.5, 0.6) is 0 Å². The normalized spacial score (nSPS) is 12.8. The van der Waals surface area contributed by atoms with Crippen molar-refractivity contribution in [3.05, 3.63) is 17.0 Å². The summed E-state index contributed by atoms with van der Waals surface area (Å²) >= 11 is 0. The van der Waals surface area contributed by atoms with Crippen LogP contribution in [0.1, 0.15) is 43.6 Å². The van der Waals surface area contributed by atoms with Crippen LogP contribution in [0.25, 0.3) is 0 Å². The lowest BCUT2D eigenvalue weighted by Crippen LogP contribution is -2.43. The summed E-state index contributed by atoms with van der Waals surface area (Å²) in [6.45, 7) is 9.53. The number of unbranched alkanes of at least 4 members (excludes halogenated alkanes) is 1. The summed E-state index contributed by atoms with van der Waals surface area (Å²) in [6, 6.07) is 0.324. The molecule has 0 spiro atoms. The first-order valence-electron chi connectivity index (χ1n) is 7.45. The number of nitrogens with one attached hydrogen (secondary N) is 2. The Labute approximate surface area is 146 Å². The van der Waals surface area contributed by atoms with Gasteiger partial charge in [0.1, 0.15) is 0 Å². The molecule has 1 aromatic heterocycles. The molecule has 122 valence electrons. The number of aromatic nitrogens is 2. The number of aliphatic imine (C=N–C) groups is 1. The van der Waals surface area contributed by atoms with E-state index < -0.39 is 0 Å². The Bertz CT molecular complexity index is 453. The third-order valence-corrected chi connectivity index (χ3v) is 3.60. The highest BCUT2D eigenvalue weighted by Gasteiger charge is 2.13. The molecule has 0 aliphatic rings. The van der Waals surface area contributed by atoms with Gasteiger partial charge in [0.05, 0.1) is 5.69 Å². The van der Waals surface area contributed by atoms with Gasteiger partial charge in [-0.15, -0.1) is 24.0 Å². The number of hydrogen-bond donors (Lipinski definition) is 2. The average Bonchev–Trinajstić information content (AvgIpc) is 2.64. The van der Waals surface area contributed by atoms with Crippen LogP contribution >= 0.6 is 24.0 Å². The van der Waals surface area contributed by atoms with E-state index in [1.807, 2.05) is 18.8 Å². The summed E-state index contributed by atoms with van der Waals surface area (Å²) in [5.41, 5.74) is 3.69. The predicted octanol–water partition coefficient (Wildman–Crippen LogP) is 2.55. The summed E-state index contributed by atoms with van der Waals surface area (Å²) in [4.78, 5) is 4.27. The van der Waals surface area contributed by atoms with Crippen molar-refractivity contribution in [1.29, 1.82) is 0 Å². The fourth-order valence-corrected chi connectivity index (χ4v) is 2.28. The summed E-state index contributed by atoms with van der Waals surface area (Å²) in [5, 5.41) is 11.2. The molecule has 5 nitrogen and oxygen atoms in total. The van der Waals surface area contributed by atoms with Crippen LogP contribution in [-0.4, -0.2) is 35.4 Å². The number of aryl methyl sites for hydroxylation is 2. The second-order valence-electron chi connectivity index (χ2n) is 5.38. The maximum Gasteiger partial charge on any atom is 0.191 e. The molecule has 0 bridgehead atoms. The Balaban J connectivity index is 0.00000400. The second kappa shape index (κ2) is 10.0. The molecule has 0 aliphatic carbocycles. The second-order valence-corrected chi connectivity index (χ2v) is 5.38. The van der Waals surface area contributed by atoms with Crippen molar-refractivity contribution in [3.63, 3.8) is 0 Å². The number of rotatable bonds is 6. The standard InChI is InChI=1S/C15H29N5.HI/c1-7-8-9-17-15(16-5)18-11(2)10-14-12(3)19-20(6)13(14)4;/h11H,7-10H2,1-6H3,(H2,16,17,18);1H. The van der Waals surface area contributed by atoms with Gasteiger partial charge in [-0.2, -0.15) is 5.10 Å². The molecule has 0 amide bonds. The summed E-state index contributed by atoms with van der Waals surface area (Å²) in [6.07, 6.45) is 3.31. The van der Waals surface area contributed by atoms with E-state index in [4.69, 9.17) is 0 Å². The predicted molar refractivity (Wildman–Crippen MR) is 101 cm³/mol. The Hall–Kier alpha value is -0.790. The van der Waals surface area contributed by atoms with Crippen molar-refractivity contribution in [2.75, 3.05) is 13.6 Å². The van der Waals surface area contributed by atoms with E-state index in [2.05, 4.69) is 48.4 Å². The number of guanidine groups is 1. The fraction of sp³-hybridized carbons (Fsp3) is 0.733. The first-order chi connectivity index (χ1) is 9.49. The first-order valence-corrected chi connectivity index (χ1v) is 7.45. The molecular weight excluding hydrogens is 377 g/mol. The Kier molecular flexibility index (Phi) is 9.65. The minimum atomic E-state index is 0. The molecule has 1 aromatic rings. The third-order valence-electron chi connectivity index (χ3n) is 3.60. The Morgan fingerprint density at radius 2 is 2.05 bits per heavy atom. The van der Waals surface area contributed by atoms with Gasteiger partial charge in [0.2, 0.25) is 0 Å². The molecule has 0 aromatic carbocycles.